The number of ether oxygens (including phenoxy) is 1. The maximum Gasteiger partial charge on any atom is 0.234 e. The summed E-state index contributed by atoms with van der Waals surface area (Å²) in [5.74, 6) is 0.0581. The minimum atomic E-state index is -0.409. The number of rotatable bonds is 0. The lowest BCUT2D eigenvalue weighted by Crippen LogP contribution is -2.23. The molecule has 0 fully saturated rings. The van der Waals surface area contributed by atoms with Gasteiger partial charge in [0.25, 0.3) is 0 Å². The average molecular weight is 278 g/mol. The van der Waals surface area contributed by atoms with Crippen molar-refractivity contribution in [3.8, 4) is 16.9 Å². The lowest BCUT2D eigenvalue weighted by Gasteiger charge is -2.22. The van der Waals surface area contributed by atoms with Gasteiger partial charge in [0.05, 0.1) is 6.61 Å². The van der Waals surface area contributed by atoms with Gasteiger partial charge in [-0.25, -0.2) is 0 Å². The number of carbonyl (C=O) groups is 2. The number of aryl methyl sites for hydroxylation is 1. The summed E-state index contributed by atoms with van der Waals surface area (Å²) in [6, 6.07) is 9.35. The van der Waals surface area contributed by atoms with Crippen LogP contribution in [0.3, 0.4) is 0 Å². The molecule has 2 aromatic carbocycles. The summed E-state index contributed by atoms with van der Waals surface area (Å²) >= 11 is 0. The SMILES string of the molecule is Cc1cccc2c1-c1ccc3c(c1C(=O)C2=O)C(C)CO3. The van der Waals surface area contributed by atoms with Gasteiger partial charge in [0.2, 0.25) is 11.6 Å². The summed E-state index contributed by atoms with van der Waals surface area (Å²) in [4.78, 5) is 25.0. The molecule has 1 aliphatic carbocycles. The highest BCUT2D eigenvalue weighted by Gasteiger charge is 2.37. The topological polar surface area (TPSA) is 43.4 Å². The van der Waals surface area contributed by atoms with Gasteiger partial charge >= 0.3 is 0 Å². The van der Waals surface area contributed by atoms with Crippen LogP contribution in [0.1, 0.15) is 44.7 Å². The van der Waals surface area contributed by atoms with Crippen LogP contribution in [0.25, 0.3) is 11.1 Å². The van der Waals surface area contributed by atoms with Gasteiger partial charge in [-0.05, 0) is 35.7 Å². The Labute approximate surface area is 122 Å². The van der Waals surface area contributed by atoms with Crippen LogP contribution in [0.2, 0.25) is 0 Å². The van der Waals surface area contributed by atoms with Crippen LogP contribution in [0, 0.1) is 6.92 Å². The van der Waals surface area contributed by atoms with E-state index in [0.717, 1.165) is 28.0 Å². The highest BCUT2D eigenvalue weighted by Crippen LogP contribution is 2.45. The second-order valence-electron chi connectivity index (χ2n) is 5.77. The lowest BCUT2D eigenvalue weighted by atomic mass is 9.78. The summed E-state index contributed by atoms with van der Waals surface area (Å²) in [7, 11) is 0. The highest BCUT2D eigenvalue weighted by atomic mass is 16.5. The van der Waals surface area contributed by atoms with Gasteiger partial charge in [0.15, 0.2) is 0 Å². The Bertz CT molecular complexity index is 817. The van der Waals surface area contributed by atoms with E-state index in [0.29, 0.717) is 17.7 Å². The van der Waals surface area contributed by atoms with Crippen molar-refractivity contribution in [2.24, 2.45) is 0 Å². The first-order valence-corrected chi connectivity index (χ1v) is 7.08. The van der Waals surface area contributed by atoms with E-state index in [4.69, 9.17) is 4.74 Å². The molecular formula is C18H14O3. The zero-order valence-corrected chi connectivity index (χ0v) is 11.9. The molecule has 21 heavy (non-hydrogen) atoms. The van der Waals surface area contributed by atoms with Gasteiger partial charge in [0.1, 0.15) is 5.75 Å². The lowest BCUT2D eigenvalue weighted by molar-refractivity contribution is 0.0814. The number of hydrogen-bond donors (Lipinski definition) is 0. The van der Waals surface area contributed by atoms with Crippen LogP contribution in [0.4, 0.5) is 0 Å². The van der Waals surface area contributed by atoms with Crippen LogP contribution < -0.4 is 4.74 Å². The second kappa shape index (κ2) is 4.04. The average Bonchev–Trinajstić information content (AvgIpc) is 2.86. The number of Topliss-reactive ketones (excluding diaryl/α,β-unsaturated/α-hetero) is 2. The monoisotopic (exact) mass is 278 g/mol. The number of hydrogen-bond acceptors (Lipinski definition) is 3. The van der Waals surface area contributed by atoms with Crippen molar-refractivity contribution in [2.75, 3.05) is 6.61 Å². The fraction of sp³-hybridized carbons (Fsp3) is 0.222. The molecule has 2 aliphatic rings. The number of fused-ring (bicyclic) bond motifs is 5. The van der Waals surface area contributed by atoms with E-state index in [9.17, 15) is 9.59 Å². The van der Waals surface area contributed by atoms with Crippen molar-refractivity contribution in [3.63, 3.8) is 0 Å². The minimum absolute atomic E-state index is 0.136. The highest BCUT2D eigenvalue weighted by molar-refractivity contribution is 6.53. The number of ketones is 2. The molecule has 0 radical (unpaired) electrons. The van der Waals surface area contributed by atoms with Crippen LogP contribution in [-0.4, -0.2) is 18.2 Å². The Morgan fingerprint density at radius 2 is 1.81 bits per heavy atom. The van der Waals surface area contributed by atoms with Crippen molar-refractivity contribution in [1.82, 2.24) is 0 Å². The first-order valence-electron chi connectivity index (χ1n) is 7.08. The Hall–Kier alpha value is -2.42. The maximum atomic E-state index is 12.6. The molecule has 1 aliphatic heterocycles. The molecule has 0 N–H and O–H groups in total. The normalized spacial score (nSPS) is 18.9. The first kappa shape index (κ1) is 12.3. The molecule has 3 heteroatoms. The molecule has 1 atom stereocenters. The Morgan fingerprint density at radius 3 is 2.62 bits per heavy atom. The Morgan fingerprint density at radius 1 is 1.00 bits per heavy atom. The molecule has 2 aromatic rings. The van der Waals surface area contributed by atoms with E-state index in [-0.39, 0.29) is 5.92 Å². The third-order valence-corrected chi connectivity index (χ3v) is 4.41. The van der Waals surface area contributed by atoms with Crippen LogP contribution in [0.5, 0.6) is 5.75 Å². The molecule has 1 unspecified atom stereocenters. The quantitative estimate of drug-likeness (QED) is 0.692. The zero-order valence-electron chi connectivity index (χ0n) is 11.9. The van der Waals surface area contributed by atoms with Crippen LogP contribution >= 0.6 is 0 Å². The Kier molecular flexibility index (Phi) is 2.37. The standard InChI is InChI=1S/C18H14O3/c1-9-4-3-5-12-14(9)11-6-7-13-15(10(2)8-21-13)16(11)18(20)17(12)19/h3-7,10H,8H2,1-2H3. The van der Waals surface area contributed by atoms with Gasteiger partial charge in [-0.1, -0.05) is 25.1 Å². The fourth-order valence-electron chi connectivity index (χ4n) is 3.42. The Balaban J connectivity index is 2.14. The molecule has 0 saturated carbocycles. The summed E-state index contributed by atoms with van der Waals surface area (Å²) in [6.07, 6.45) is 0. The van der Waals surface area contributed by atoms with Gasteiger partial charge in [-0.3, -0.25) is 9.59 Å². The van der Waals surface area contributed by atoms with Crippen molar-refractivity contribution < 1.29 is 14.3 Å². The first-order chi connectivity index (χ1) is 10.1. The van der Waals surface area contributed by atoms with Crippen molar-refractivity contribution in [3.05, 3.63) is 52.6 Å². The van der Waals surface area contributed by atoms with E-state index in [1.54, 1.807) is 6.07 Å². The van der Waals surface area contributed by atoms with E-state index in [1.807, 2.05) is 38.1 Å². The second-order valence-corrected chi connectivity index (χ2v) is 5.77. The van der Waals surface area contributed by atoms with Crippen molar-refractivity contribution >= 4 is 11.6 Å². The van der Waals surface area contributed by atoms with Gasteiger partial charge < -0.3 is 4.74 Å². The van der Waals surface area contributed by atoms with Gasteiger partial charge in [-0.15, -0.1) is 0 Å². The van der Waals surface area contributed by atoms with Gasteiger partial charge in [0, 0.05) is 22.6 Å². The van der Waals surface area contributed by atoms with Crippen molar-refractivity contribution in [1.29, 1.82) is 0 Å². The summed E-state index contributed by atoms with van der Waals surface area (Å²) in [5.41, 5.74) is 4.71. The van der Waals surface area contributed by atoms with Gasteiger partial charge in [-0.2, -0.15) is 0 Å². The predicted molar refractivity (Wildman–Crippen MR) is 79.2 cm³/mol. The van der Waals surface area contributed by atoms with E-state index in [2.05, 4.69) is 0 Å². The molecule has 0 amide bonds. The summed E-state index contributed by atoms with van der Waals surface area (Å²) in [6.45, 7) is 4.56. The van der Waals surface area contributed by atoms with E-state index in [1.165, 1.54) is 0 Å². The molecule has 0 aromatic heterocycles. The largest absolute Gasteiger partial charge is 0.493 e. The molecule has 0 spiro atoms. The molecular weight excluding hydrogens is 264 g/mol. The summed E-state index contributed by atoms with van der Waals surface area (Å²) in [5, 5.41) is 0. The van der Waals surface area contributed by atoms with E-state index < -0.39 is 11.6 Å². The molecule has 3 nitrogen and oxygen atoms in total. The molecule has 4 rings (SSSR count). The van der Waals surface area contributed by atoms with Crippen LogP contribution in [0.15, 0.2) is 30.3 Å². The molecule has 0 bridgehead atoms. The predicted octanol–water partition coefficient (Wildman–Crippen LogP) is 3.54. The number of carbonyl (C=O) groups excluding carboxylic acids is 2. The smallest absolute Gasteiger partial charge is 0.234 e. The molecule has 1 heterocycles. The zero-order chi connectivity index (χ0) is 14.7. The minimum Gasteiger partial charge on any atom is -0.493 e. The molecule has 104 valence electrons. The molecule has 0 saturated heterocycles. The van der Waals surface area contributed by atoms with Crippen molar-refractivity contribution in [2.45, 2.75) is 19.8 Å². The summed E-state index contributed by atoms with van der Waals surface area (Å²) < 4.78 is 5.62. The van der Waals surface area contributed by atoms with E-state index >= 15 is 0 Å². The maximum absolute atomic E-state index is 12.6. The number of benzene rings is 2. The third-order valence-electron chi connectivity index (χ3n) is 4.41. The third kappa shape index (κ3) is 1.49. The van der Waals surface area contributed by atoms with Crippen LogP contribution in [-0.2, 0) is 0 Å². The fourth-order valence-corrected chi connectivity index (χ4v) is 3.42.